The first-order chi connectivity index (χ1) is 13.3. The Bertz CT molecular complexity index is 895. The van der Waals surface area contributed by atoms with Gasteiger partial charge in [0.2, 0.25) is 0 Å². The molecule has 1 amide bonds. The van der Waals surface area contributed by atoms with Crippen LogP contribution in [0.3, 0.4) is 0 Å². The summed E-state index contributed by atoms with van der Waals surface area (Å²) in [6.07, 6.45) is 3.14. The zero-order valence-corrected chi connectivity index (χ0v) is 16.7. The summed E-state index contributed by atoms with van der Waals surface area (Å²) in [5, 5.41) is 7.06. The smallest absolute Gasteiger partial charge is 0.258 e. The fourth-order valence-corrected chi connectivity index (χ4v) is 2.82. The number of carbonyl (C=O) groups is 1. The predicted octanol–water partition coefficient (Wildman–Crippen LogP) is 3.82. The number of hydrogen-bond donors (Lipinski definition) is 1. The minimum absolute atomic E-state index is 0.0176. The lowest BCUT2D eigenvalue weighted by atomic mass is 9.87. The highest BCUT2D eigenvalue weighted by atomic mass is 16.5. The Morgan fingerprint density at radius 1 is 1.11 bits per heavy atom. The molecule has 0 radical (unpaired) electrons. The number of carbonyl (C=O) groups excluding carboxylic acids is 1. The molecule has 3 aromatic rings. The summed E-state index contributed by atoms with van der Waals surface area (Å²) in [5.74, 6) is 0.528. The van der Waals surface area contributed by atoms with Crippen LogP contribution in [0.2, 0.25) is 0 Å². The third-order valence-electron chi connectivity index (χ3n) is 4.54. The largest absolute Gasteiger partial charge is 0.484 e. The van der Waals surface area contributed by atoms with Gasteiger partial charge in [0, 0.05) is 0 Å². The van der Waals surface area contributed by atoms with Gasteiger partial charge < -0.3 is 10.1 Å². The normalized spacial score (nSPS) is 12.4. The number of hydrogen-bond acceptors (Lipinski definition) is 4. The van der Waals surface area contributed by atoms with Gasteiger partial charge in [-0.2, -0.15) is 5.10 Å². The zero-order chi connectivity index (χ0) is 20.1. The lowest BCUT2D eigenvalue weighted by Crippen LogP contribution is -2.31. The standard InChI is InChI=1S/C22H26N4O2/c1-16(17-5-9-19(10-6-17)26-15-23-14-24-26)25-21(27)13-28-20-11-7-18(8-12-20)22(2,3)4/h5-12,14-16H,13H2,1-4H3,(H,25,27)/t16-/m1/s1. The van der Waals surface area contributed by atoms with Crippen molar-refractivity contribution in [1.29, 1.82) is 0 Å². The summed E-state index contributed by atoms with van der Waals surface area (Å²) >= 11 is 0. The van der Waals surface area contributed by atoms with Crippen LogP contribution in [0.5, 0.6) is 5.75 Å². The van der Waals surface area contributed by atoms with Crippen molar-refractivity contribution in [3.8, 4) is 11.4 Å². The molecule has 1 heterocycles. The molecule has 0 spiro atoms. The maximum absolute atomic E-state index is 12.2. The quantitative estimate of drug-likeness (QED) is 0.708. The van der Waals surface area contributed by atoms with Crippen molar-refractivity contribution < 1.29 is 9.53 Å². The van der Waals surface area contributed by atoms with Crippen molar-refractivity contribution in [2.45, 2.75) is 39.2 Å². The summed E-state index contributed by atoms with van der Waals surface area (Å²) in [6, 6.07) is 15.6. The van der Waals surface area contributed by atoms with E-state index in [1.54, 1.807) is 11.0 Å². The molecule has 0 fully saturated rings. The molecule has 6 nitrogen and oxygen atoms in total. The fraction of sp³-hybridized carbons (Fsp3) is 0.318. The molecule has 3 rings (SSSR count). The van der Waals surface area contributed by atoms with Crippen molar-refractivity contribution in [3.63, 3.8) is 0 Å². The molecule has 2 aromatic carbocycles. The van der Waals surface area contributed by atoms with Crippen LogP contribution in [0.1, 0.15) is 44.9 Å². The summed E-state index contributed by atoms with van der Waals surface area (Å²) in [7, 11) is 0. The second kappa shape index (κ2) is 8.25. The van der Waals surface area contributed by atoms with E-state index < -0.39 is 0 Å². The molecule has 0 aliphatic heterocycles. The van der Waals surface area contributed by atoms with Gasteiger partial charge in [0.1, 0.15) is 18.4 Å². The maximum atomic E-state index is 12.2. The van der Waals surface area contributed by atoms with E-state index in [0.717, 1.165) is 11.3 Å². The van der Waals surface area contributed by atoms with E-state index in [9.17, 15) is 4.79 Å². The first-order valence-corrected chi connectivity index (χ1v) is 9.30. The highest BCUT2D eigenvalue weighted by Gasteiger charge is 2.14. The lowest BCUT2D eigenvalue weighted by molar-refractivity contribution is -0.123. The van der Waals surface area contributed by atoms with Gasteiger partial charge in [-0.05, 0) is 47.7 Å². The van der Waals surface area contributed by atoms with Gasteiger partial charge in [0.05, 0.1) is 11.7 Å². The van der Waals surface area contributed by atoms with Crippen LogP contribution in [-0.4, -0.2) is 27.3 Å². The first-order valence-electron chi connectivity index (χ1n) is 9.30. The SMILES string of the molecule is C[C@@H](NC(=O)COc1ccc(C(C)(C)C)cc1)c1ccc(-n2cncn2)cc1. The number of amides is 1. The van der Waals surface area contributed by atoms with E-state index >= 15 is 0 Å². The molecular formula is C22H26N4O2. The summed E-state index contributed by atoms with van der Waals surface area (Å²) in [6.45, 7) is 8.42. The van der Waals surface area contributed by atoms with Crippen LogP contribution in [0.25, 0.3) is 5.69 Å². The molecule has 0 saturated heterocycles. The monoisotopic (exact) mass is 378 g/mol. The van der Waals surface area contributed by atoms with E-state index in [0.29, 0.717) is 5.75 Å². The van der Waals surface area contributed by atoms with Gasteiger partial charge in [-0.1, -0.05) is 45.0 Å². The summed E-state index contributed by atoms with van der Waals surface area (Å²) < 4.78 is 7.30. The van der Waals surface area contributed by atoms with E-state index in [-0.39, 0.29) is 24.0 Å². The van der Waals surface area contributed by atoms with Gasteiger partial charge in [0.15, 0.2) is 6.61 Å². The van der Waals surface area contributed by atoms with Gasteiger partial charge in [-0.25, -0.2) is 9.67 Å². The van der Waals surface area contributed by atoms with Crippen LogP contribution in [0.15, 0.2) is 61.2 Å². The highest BCUT2D eigenvalue weighted by molar-refractivity contribution is 5.78. The topological polar surface area (TPSA) is 69.0 Å². The average molecular weight is 378 g/mol. The van der Waals surface area contributed by atoms with Crippen molar-refractivity contribution in [2.24, 2.45) is 0 Å². The van der Waals surface area contributed by atoms with Crippen molar-refractivity contribution >= 4 is 5.91 Å². The lowest BCUT2D eigenvalue weighted by Gasteiger charge is -2.19. The van der Waals surface area contributed by atoms with Gasteiger partial charge >= 0.3 is 0 Å². The Morgan fingerprint density at radius 3 is 2.36 bits per heavy atom. The summed E-state index contributed by atoms with van der Waals surface area (Å²) in [5.41, 5.74) is 3.25. The van der Waals surface area contributed by atoms with E-state index in [4.69, 9.17) is 4.74 Å². The Balaban J connectivity index is 1.51. The number of nitrogens with zero attached hydrogens (tertiary/aromatic N) is 3. The van der Waals surface area contributed by atoms with Crippen LogP contribution in [0, 0.1) is 0 Å². The predicted molar refractivity (Wildman–Crippen MR) is 109 cm³/mol. The van der Waals surface area contributed by atoms with Crippen LogP contribution >= 0.6 is 0 Å². The number of benzene rings is 2. The fourth-order valence-electron chi connectivity index (χ4n) is 2.82. The molecule has 0 bridgehead atoms. The van der Waals surface area contributed by atoms with Crippen LogP contribution < -0.4 is 10.1 Å². The van der Waals surface area contributed by atoms with Crippen molar-refractivity contribution in [2.75, 3.05) is 6.61 Å². The summed E-state index contributed by atoms with van der Waals surface area (Å²) in [4.78, 5) is 16.2. The van der Waals surface area contributed by atoms with E-state index in [1.807, 2.05) is 55.5 Å². The minimum atomic E-state index is -0.159. The zero-order valence-electron chi connectivity index (χ0n) is 16.7. The second-order valence-electron chi connectivity index (χ2n) is 7.78. The van der Waals surface area contributed by atoms with E-state index in [1.165, 1.54) is 11.9 Å². The van der Waals surface area contributed by atoms with Crippen LogP contribution in [-0.2, 0) is 10.2 Å². The second-order valence-corrected chi connectivity index (χ2v) is 7.78. The number of ether oxygens (including phenoxy) is 1. The molecule has 0 aliphatic rings. The Labute approximate surface area is 165 Å². The van der Waals surface area contributed by atoms with Crippen molar-refractivity contribution in [3.05, 3.63) is 72.3 Å². The van der Waals surface area contributed by atoms with Crippen LogP contribution in [0.4, 0.5) is 0 Å². The highest BCUT2D eigenvalue weighted by Crippen LogP contribution is 2.24. The Morgan fingerprint density at radius 2 is 1.79 bits per heavy atom. The Hall–Kier alpha value is -3.15. The maximum Gasteiger partial charge on any atom is 0.258 e. The number of rotatable bonds is 6. The van der Waals surface area contributed by atoms with Crippen molar-refractivity contribution in [1.82, 2.24) is 20.1 Å². The molecule has 0 aliphatic carbocycles. The molecule has 1 N–H and O–H groups in total. The molecular weight excluding hydrogens is 352 g/mol. The third-order valence-corrected chi connectivity index (χ3v) is 4.54. The van der Waals surface area contributed by atoms with E-state index in [2.05, 4.69) is 36.2 Å². The number of nitrogens with one attached hydrogen (secondary N) is 1. The average Bonchev–Trinajstić information content (AvgIpc) is 3.21. The molecule has 1 aromatic heterocycles. The minimum Gasteiger partial charge on any atom is -0.484 e. The Kier molecular flexibility index (Phi) is 5.78. The van der Waals surface area contributed by atoms with Gasteiger partial charge in [-0.3, -0.25) is 4.79 Å². The molecule has 28 heavy (non-hydrogen) atoms. The third kappa shape index (κ3) is 4.97. The van der Waals surface area contributed by atoms with Gasteiger partial charge in [-0.15, -0.1) is 0 Å². The van der Waals surface area contributed by atoms with Gasteiger partial charge in [0.25, 0.3) is 5.91 Å². The number of aromatic nitrogens is 3. The molecule has 1 atom stereocenters. The molecule has 0 saturated carbocycles. The first kappa shape index (κ1) is 19.6. The molecule has 0 unspecified atom stereocenters. The molecule has 6 heteroatoms. The molecule has 146 valence electrons.